The molecule has 1 aromatic heterocycles. The number of nitrogens with one attached hydrogen (secondary N) is 1. The molecule has 0 spiro atoms. The fourth-order valence-corrected chi connectivity index (χ4v) is 2.15. The molecular formula is C14H21N5O. The molecule has 6 heteroatoms. The van der Waals surface area contributed by atoms with Crippen molar-refractivity contribution < 1.29 is 4.74 Å². The van der Waals surface area contributed by atoms with Crippen LogP contribution < -0.4 is 5.32 Å². The van der Waals surface area contributed by atoms with E-state index in [1.807, 2.05) is 13.0 Å². The number of benzene rings is 1. The second-order valence-corrected chi connectivity index (χ2v) is 4.91. The third-order valence-electron chi connectivity index (χ3n) is 3.22. The number of rotatable bonds is 6. The second-order valence-electron chi connectivity index (χ2n) is 4.91. The van der Waals surface area contributed by atoms with Crippen molar-refractivity contribution in [3.8, 4) is 5.69 Å². The van der Waals surface area contributed by atoms with Crippen LogP contribution in [-0.2, 0) is 4.74 Å². The summed E-state index contributed by atoms with van der Waals surface area (Å²) in [7, 11) is 1.69. The molecule has 0 aliphatic rings. The third-order valence-corrected chi connectivity index (χ3v) is 3.22. The fourth-order valence-electron chi connectivity index (χ4n) is 2.15. The Kier molecular flexibility index (Phi) is 4.81. The van der Waals surface area contributed by atoms with Crippen molar-refractivity contribution in [1.82, 2.24) is 25.5 Å². The highest BCUT2D eigenvalue weighted by atomic mass is 16.5. The van der Waals surface area contributed by atoms with Gasteiger partial charge in [0.05, 0.1) is 18.3 Å². The summed E-state index contributed by atoms with van der Waals surface area (Å²) < 4.78 is 6.83. The first-order chi connectivity index (χ1) is 9.63. The molecule has 20 heavy (non-hydrogen) atoms. The summed E-state index contributed by atoms with van der Waals surface area (Å²) >= 11 is 0. The quantitative estimate of drug-likeness (QED) is 0.811. The van der Waals surface area contributed by atoms with Gasteiger partial charge in [0.15, 0.2) is 5.82 Å². The minimum atomic E-state index is 0.0563. The van der Waals surface area contributed by atoms with Gasteiger partial charge in [0, 0.05) is 13.7 Å². The largest absolute Gasteiger partial charge is 0.383 e. The monoisotopic (exact) mass is 275 g/mol. The van der Waals surface area contributed by atoms with Crippen LogP contribution in [0.5, 0.6) is 0 Å². The normalized spacial score (nSPS) is 12.6. The molecule has 6 nitrogen and oxygen atoms in total. The molecule has 108 valence electrons. The Morgan fingerprint density at radius 3 is 2.85 bits per heavy atom. The number of tetrazole rings is 1. The molecule has 2 rings (SSSR count). The van der Waals surface area contributed by atoms with Gasteiger partial charge in [-0.3, -0.25) is 0 Å². The van der Waals surface area contributed by atoms with E-state index >= 15 is 0 Å². The van der Waals surface area contributed by atoms with E-state index < -0.39 is 0 Å². The van der Waals surface area contributed by atoms with E-state index in [0.29, 0.717) is 6.61 Å². The van der Waals surface area contributed by atoms with Crippen LogP contribution in [0.15, 0.2) is 18.2 Å². The second kappa shape index (κ2) is 6.58. The first-order valence-corrected chi connectivity index (χ1v) is 6.71. The van der Waals surface area contributed by atoms with Gasteiger partial charge in [-0.05, 0) is 42.8 Å². The number of ether oxygens (including phenoxy) is 1. The van der Waals surface area contributed by atoms with Gasteiger partial charge in [0.2, 0.25) is 0 Å². The van der Waals surface area contributed by atoms with Gasteiger partial charge in [-0.2, -0.15) is 4.68 Å². The summed E-state index contributed by atoms with van der Waals surface area (Å²) in [5, 5.41) is 15.4. The maximum atomic E-state index is 5.04. The molecule has 1 atom stereocenters. The van der Waals surface area contributed by atoms with Gasteiger partial charge in [-0.1, -0.05) is 17.7 Å². The molecule has 0 saturated carbocycles. The topological polar surface area (TPSA) is 64.9 Å². The van der Waals surface area contributed by atoms with E-state index in [4.69, 9.17) is 4.74 Å². The zero-order valence-corrected chi connectivity index (χ0v) is 12.4. The van der Waals surface area contributed by atoms with Crippen LogP contribution in [0.25, 0.3) is 5.69 Å². The molecule has 1 heterocycles. The van der Waals surface area contributed by atoms with Crippen LogP contribution in [0.1, 0.15) is 29.9 Å². The molecule has 0 aliphatic carbocycles. The minimum absolute atomic E-state index is 0.0563. The van der Waals surface area contributed by atoms with Gasteiger partial charge < -0.3 is 10.1 Å². The third kappa shape index (κ3) is 3.20. The van der Waals surface area contributed by atoms with Gasteiger partial charge in [0.1, 0.15) is 0 Å². The highest BCUT2D eigenvalue weighted by Crippen LogP contribution is 2.18. The van der Waals surface area contributed by atoms with Crippen molar-refractivity contribution in [3.63, 3.8) is 0 Å². The Bertz CT molecular complexity index is 566. The van der Waals surface area contributed by atoms with Crippen molar-refractivity contribution in [1.29, 1.82) is 0 Å². The molecular weight excluding hydrogens is 254 g/mol. The van der Waals surface area contributed by atoms with Crippen LogP contribution in [0.2, 0.25) is 0 Å². The first-order valence-electron chi connectivity index (χ1n) is 6.71. The smallest absolute Gasteiger partial charge is 0.173 e. The molecule has 2 aromatic rings. The van der Waals surface area contributed by atoms with Crippen molar-refractivity contribution in [3.05, 3.63) is 35.2 Å². The predicted octanol–water partition coefficient (Wildman–Crippen LogP) is 1.58. The SMILES string of the molecule is COCCNC(C)c1nnnn1-c1ccc(C)cc1C. The Hall–Kier alpha value is -1.79. The summed E-state index contributed by atoms with van der Waals surface area (Å²) in [5.74, 6) is 0.799. The first kappa shape index (κ1) is 14.6. The molecule has 0 saturated heterocycles. The van der Waals surface area contributed by atoms with E-state index in [-0.39, 0.29) is 6.04 Å². The minimum Gasteiger partial charge on any atom is -0.383 e. The molecule has 1 N–H and O–H groups in total. The maximum Gasteiger partial charge on any atom is 0.173 e. The molecule has 1 aromatic carbocycles. The Balaban J connectivity index is 2.23. The molecule has 0 radical (unpaired) electrons. The number of hydrogen-bond acceptors (Lipinski definition) is 5. The lowest BCUT2D eigenvalue weighted by Gasteiger charge is -2.14. The lowest BCUT2D eigenvalue weighted by molar-refractivity contribution is 0.196. The fraction of sp³-hybridized carbons (Fsp3) is 0.500. The van der Waals surface area contributed by atoms with E-state index in [1.54, 1.807) is 11.8 Å². The van der Waals surface area contributed by atoms with Crippen LogP contribution in [0.4, 0.5) is 0 Å². The van der Waals surface area contributed by atoms with Crippen molar-refractivity contribution in [2.24, 2.45) is 0 Å². The van der Waals surface area contributed by atoms with E-state index in [2.05, 4.69) is 46.8 Å². The van der Waals surface area contributed by atoms with Crippen molar-refractivity contribution in [2.45, 2.75) is 26.8 Å². The van der Waals surface area contributed by atoms with Gasteiger partial charge >= 0.3 is 0 Å². The van der Waals surface area contributed by atoms with Crippen molar-refractivity contribution >= 4 is 0 Å². The van der Waals surface area contributed by atoms with Crippen LogP contribution >= 0.6 is 0 Å². The van der Waals surface area contributed by atoms with E-state index in [1.165, 1.54) is 5.56 Å². The number of nitrogens with zero attached hydrogens (tertiary/aromatic N) is 4. The highest BCUT2D eigenvalue weighted by molar-refractivity contribution is 5.42. The van der Waals surface area contributed by atoms with Crippen molar-refractivity contribution in [2.75, 3.05) is 20.3 Å². The predicted molar refractivity (Wildman–Crippen MR) is 76.9 cm³/mol. The van der Waals surface area contributed by atoms with E-state index in [9.17, 15) is 0 Å². The zero-order chi connectivity index (χ0) is 14.5. The summed E-state index contributed by atoms with van der Waals surface area (Å²) in [4.78, 5) is 0. The Morgan fingerprint density at radius 2 is 2.15 bits per heavy atom. The molecule has 0 bridgehead atoms. The van der Waals surface area contributed by atoms with Crippen LogP contribution in [0, 0.1) is 13.8 Å². The van der Waals surface area contributed by atoms with Crippen LogP contribution in [0.3, 0.4) is 0 Å². The zero-order valence-electron chi connectivity index (χ0n) is 12.4. The lowest BCUT2D eigenvalue weighted by atomic mass is 10.1. The molecule has 1 unspecified atom stereocenters. The number of methoxy groups -OCH3 is 1. The standard InChI is InChI=1S/C14H21N5O/c1-10-5-6-13(11(2)9-10)19-14(16-17-18-19)12(3)15-7-8-20-4/h5-6,9,12,15H,7-8H2,1-4H3. The summed E-state index contributed by atoms with van der Waals surface area (Å²) in [6.07, 6.45) is 0. The Morgan fingerprint density at radius 1 is 1.35 bits per heavy atom. The molecule has 0 fully saturated rings. The summed E-state index contributed by atoms with van der Waals surface area (Å²) in [5.41, 5.74) is 3.39. The van der Waals surface area contributed by atoms with Gasteiger partial charge in [-0.15, -0.1) is 5.10 Å². The lowest BCUT2D eigenvalue weighted by Crippen LogP contribution is -2.25. The number of hydrogen-bond donors (Lipinski definition) is 1. The average molecular weight is 275 g/mol. The maximum absolute atomic E-state index is 5.04. The average Bonchev–Trinajstić information content (AvgIpc) is 2.88. The van der Waals surface area contributed by atoms with Gasteiger partial charge in [0.25, 0.3) is 0 Å². The highest BCUT2D eigenvalue weighted by Gasteiger charge is 2.16. The van der Waals surface area contributed by atoms with Crippen LogP contribution in [-0.4, -0.2) is 40.5 Å². The van der Waals surface area contributed by atoms with Gasteiger partial charge in [-0.25, -0.2) is 0 Å². The summed E-state index contributed by atoms with van der Waals surface area (Å²) in [6, 6.07) is 6.30. The molecule has 0 amide bonds. The number of aryl methyl sites for hydroxylation is 2. The molecule has 0 aliphatic heterocycles. The Labute approximate surface area is 119 Å². The number of aromatic nitrogens is 4. The summed E-state index contributed by atoms with van der Waals surface area (Å²) in [6.45, 7) is 7.61. The van der Waals surface area contributed by atoms with E-state index in [0.717, 1.165) is 23.6 Å².